The molecule has 2 atom stereocenters. The molecule has 120 valence electrons. The fourth-order valence-corrected chi connectivity index (χ4v) is 4.84. The van der Waals surface area contributed by atoms with Gasteiger partial charge in [0, 0.05) is 28.9 Å². The predicted molar refractivity (Wildman–Crippen MR) is 97.1 cm³/mol. The largest absolute Gasteiger partial charge is 0.368 e. The van der Waals surface area contributed by atoms with Crippen molar-refractivity contribution in [3.05, 3.63) is 27.0 Å². The van der Waals surface area contributed by atoms with Crippen LogP contribution in [0.25, 0.3) is 10.2 Å². The van der Waals surface area contributed by atoms with Crippen molar-refractivity contribution in [2.45, 2.75) is 32.1 Å². The number of fused-ring (bicyclic) bond motifs is 1. The van der Waals surface area contributed by atoms with Gasteiger partial charge in [0.15, 0.2) is 0 Å². The van der Waals surface area contributed by atoms with E-state index < -0.39 is 12.2 Å². The summed E-state index contributed by atoms with van der Waals surface area (Å²) in [6.07, 6.45) is 6.76. The maximum absolute atomic E-state index is 13.4. The Morgan fingerprint density at radius 3 is 3.00 bits per heavy atom. The number of alkyl halides is 1. The molecule has 0 aliphatic heterocycles. The highest BCUT2D eigenvalue weighted by Crippen LogP contribution is 2.39. The molecule has 0 amide bonds. The highest BCUT2D eigenvalue weighted by molar-refractivity contribution is 7.24. The average Bonchev–Trinajstić information content (AvgIpc) is 3.21. The lowest BCUT2D eigenvalue weighted by molar-refractivity contribution is 0.305. The molecule has 0 saturated heterocycles. The number of thiophene rings is 1. The molecule has 0 saturated carbocycles. The van der Waals surface area contributed by atoms with Gasteiger partial charge in [-0.3, -0.25) is 0 Å². The lowest BCUT2D eigenvalue weighted by Crippen LogP contribution is -2.31. The Kier molecular flexibility index (Phi) is 4.92. The number of hydrogen-bond donors (Lipinski definition) is 2. The van der Waals surface area contributed by atoms with Crippen molar-refractivity contribution < 1.29 is 4.39 Å². The third kappa shape index (κ3) is 3.38. The molecule has 3 aromatic rings. The summed E-state index contributed by atoms with van der Waals surface area (Å²) in [6, 6.07) is -0.555. The van der Waals surface area contributed by atoms with Crippen LogP contribution in [0.2, 0.25) is 0 Å². The Bertz CT molecular complexity index is 829. The molecule has 8 heteroatoms. The van der Waals surface area contributed by atoms with Crippen LogP contribution in [0.4, 0.5) is 9.39 Å². The van der Waals surface area contributed by atoms with E-state index in [1.165, 1.54) is 18.5 Å². The smallest absolute Gasteiger partial charge is 0.127 e. The lowest BCUT2D eigenvalue weighted by atomic mass is 10.1. The summed E-state index contributed by atoms with van der Waals surface area (Å²) in [5.74, 6) is 2.68. The maximum atomic E-state index is 13.4. The molecule has 3 heterocycles. The second kappa shape index (κ2) is 6.93. The SMILES string of the molecule is C#Cc1c(C[C@@H](N)[C@@H](C)F)sc2c(NCc3nccs3)snc12. The first-order chi connectivity index (χ1) is 11.1. The number of nitrogens with one attached hydrogen (secondary N) is 1. The number of thiazole rings is 1. The second-order valence-corrected chi connectivity index (χ2v) is 7.92. The van der Waals surface area contributed by atoms with Gasteiger partial charge in [-0.1, -0.05) is 5.92 Å². The number of nitrogens with zero attached hydrogens (tertiary/aromatic N) is 2. The minimum absolute atomic E-state index is 0.425. The highest BCUT2D eigenvalue weighted by atomic mass is 32.1. The minimum atomic E-state index is -1.07. The highest BCUT2D eigenvalue weighted by Gasteiger charge is 2.21. The van der Waals surface area contributed by atoms with Gasteiger partial charge in [-0.05, 0) is 18.5 Å². The lowest BCUT2D eigenvalue weighted by Gasteiger charge is -2.11. The molecule has 0 fully saturated rings. The van der Waals surface area contributed by atoms with E-state index in [-0.39, 0.29) is 0 Å². The molecule has 23 heavy (non-hydrogen) atoms. The van der Waals surface area contributed by atoms with Crippen LogP contribution in [0.5, 0.6) is 0 Å². The van der Waals surface area contributed by atoms with E-state index in [0.717, 1.165) is 30.7 Å². The van der Waals surface area contributed by atoms with E-state index in [0.29, 0.717) is 13.0 Å². The van der Waals surface area contributed by atoms with E-state index in [2.05, 4.69) is 20.6 Å². The zero-order valence-electron chi connectivity index (χ0n) is 12.4. The van der Waals surface area contributed by atoms with Crippen molar-refractivity contribution >= 4 is 49.4 Å². The molecule has 0 unspecified atom stereocenters. The molecule has 3 aromatic heterocycles. The number of terminal acetylenes is 1. The maximum Gasteiger partial charge on any atom is 0.127 e. The molecular weight excluding hydrogens is 351 g/mol. The van der Waals surface area contributed by atoms with E-state index in [1.54, 1.807) is 28.9 Å². The quantitative estimate of drug-likeness (QED) is 0.654. The molecule has 0 aromatic carbocycles. The summed E-state index contributed by atoms with van der Waals surface area (Å²) >= 11 is 4.52. The van der Waals surface area contributed by atoms with E-state index in [1.807, 2.05) is 5.38 Å². The first-order valence-electron chi connectivity index (χ1n) is 6.99. The molecule has 3 N–H and O–H groups in total. The molecule has 4 nitrogen and oxygen atoms in total. The predicted octanol–water partition coefficient (Wildman–Crippen LogP) is 3.64. The molecule has 0 bridgehead atoms. The third-order valence-corrected chi connectivity index (χ3v) is 6.36. The Morgan fingerprint density at radius 1 is 1.52 bits per heavy atom. The monoisotopic (exact) mass is 366 g/mol. The number of nitrogens with two attached hydrogens (primary N) is 1. The number of anilines is 1. The molecule has 0 spiro atoms. The van der Waals surface area contributed by atoms with E-state index in [9.17, 15) is 4.39 Å². The van der Waals surface area contributed by atoms with E-state index in [4.69, 9.17) is 12.2 Å². The van der Waals surface area contributed by atoms with Gasteiger partial charge in [-0.25, -0.2) is 9.37 Å². The van der Waals surface area contributed by atoms with Gasteiger partial charge in [0.2, 0.25) is 0 Å². The molecule has 0 aliphatic rings. The zero-order chi connectivity index (χ0) is 16.4. The van der Waals surface area contributed by atoms with Crippen molar-refractivity contribution in [3.63, 3.8) is 0 Å². The van der Waals surface area contributed by atoms with Gasteiger partial charge in [0.1, 0.15) is 21.7 Å². The van der Waals surface area contributed by atoms with Crippen LogP contribution in [0.15, 0.2) is 11.6 Å². The van der Waals surface area contributed by atoms with Crippen LogP contribution in [0, 0.1) is 12.3 Å². The summed E-state index contributed by atoms with van der Waals surface area (Å²) in [5, 5.41) is 7.27. The average molecular weight is 367 g/mol. The summed E-state index contributed by atoms with van der Waals surface area (Å²) in [7, 11) is 0. The second-order valence-electron chi connectivity index (χ2n) is 5.06. The molecular formula is C15H15FN4S3. The fraction of sp³-hybridized carbons (Fsp3) is 0.333. The van der Waals surface area contributed by atoms with Crippen molar-refractivity contribution in [1.29, 1.82) is 0 Å². The summed E-state index contributed by atoms with van der Waals surface area (Å²) in [4.78, 5) is 5.17. The number of aromatic nitrogens is 2. The first-order valence-corrected chi connectivity index (χ1v) is 9.46. The van der Waals surface area contributed by atoms with Gasteiger partial charge >= 0.3 is 0 Å². The zero-order valence-corrected chi connectivity index (χ0v) is 14.8. The van der Waals surface area contributed by atoms with Crippen LogP contribution in [0.3, 0.4) is 0 Å². The van der Waals surface area contributed by atoms with Crippen LogP contribution in [-0.2, 0) is 13.0 Å². The van der Waals surface area contributed by atoms with Crippen molar-refractivity contribution in [3.8, 4) is 12.3 Å². The van der Waals surface area contributed by atoms with Gasteiger partial charge in [0.25, 0.3) is 0 Å². The fourth-order valence-electron chi connectivity index (χ4n) is 2.12. The summed E-state index contributed by atoms with van der Waals surface area (Å²) in [6.45, 7) is 2.11. The third-order valence-electron chi connectivity index (χ3n) is 3.43. The molecule has 3 rings (SSSR count). The minimum Gasteiger partial charge on any atom is -0.368 e. The Hall–Kier alpha value is -1.53. The molecule has 0 radical (unpaired) electrons. The Balaban J connectivity index is 1.87. The summed E-state index contributed by atoms with van der Waals surface area (Å²) in [5.41, 5.74) is 7.39. The van der Waals surface area contributed by atoms with Crippen LogP contribution >= 0.6 is 34.2 Å². The molecule has 0 aliphatic carbocycles. The van der Waals surface area contributed by atoms with E-state index >= 15 is 0 Å². The van der Waals surface area contributed by atoms with Crippen LogP contribution < -0.4 is 11.1 Å². The Labute approximate surface area is 145 Å². The number of halogens is 1. The van der Waals surface area contributed by atoms with Crippen LogP contribution in [-0.4, -0.2) is 21.6 Å². The van der Waals surface area contributed by atoms with Crippen molar-refractivity contribution in [2.24, 2.45) is 5.73 Å². The van der Waals surface area contributed by atoms with Crippen molar-refractivity contribution in [2.75, 3.05) is 5.32 Å². The number of hydrogen-bond acceptors (Lipinski definition) is 7. The van der Waals surface area contributed by atoms with Gasteiger partial charge in [0.05, 0.1) is 16.8 Å². The van der Waals surface area contributed by atoms with Gasteiger partial charge in [-0.2, -0.15) is 4.37 Å². The Morgan fingerprint density at radius 2 is 2.35 bits per heavy atom. The topological polar surface area (TPSA) is 63.8 Å². The normalized spacial score (nSPS) is 13.8. The summed E-state index contributed by atoms with van der Waals surface area (Å²) < 4.78 is 18.8. The number of rotatable bonds is 6. The van der Waals surface area contributed by atoms with Gasteiger partial charge in [-0.15, -0.1) is 29.1 Å². The van der Waals surface area contributed by atoms with Gasteiger partial charge < -0.3 is 11.1 Å². The first kappa shape index (κ1) is 16.3. The van der Waals surface area contributed by atoms with Crippen LogP contribution in [0.1, 0.15) is 22.4 Å². The standard InChI is InChI=1S/C15H15FN4S3/c1-3-9-11(6-10(17)8(2)16)22-14-13(9)20-23-15(14)19-7-12-18-4-5-21-12/h1,4-5,8,10,19H,6-7,17H2,2H3/t8-,10-/m1/s1. The van der Waals surface area contributed by atoms with Crippen molar-refractivity contribution in [1.82, 2.24) is 9.36 Å².